The lowest BCUT2D eigenvalue weighted by Crippen LogP contribution is -2.20. The number of carboxylic acid groups (broad SMARTS) is 1. The smallest absolute Gasteiger partial charge is 0.358 e. The van der Waals surface area contributed by atoms with Crippen LogP contribution < -0.4 is 5.32 Å². The molecule has 1 unspecified atom stereocenters. The molecule has 0 saturated carbocycles. The summed E-state index contributed by atoms with van der Waals surface area (Å²) in [7, 11) is 1.64. The van der Waals surface area contributed by atoms with Crippen LogP contribution in [0.1, 0.15) is 23.8 Å². The van der Waals surface area contributed by atoms with Crippen LogP contribution in [0.5, 0.6) is 0 Å². The molecule has 0 bridgehead atoms. The normalized spacial score (nSPS) is 12.3. The highest BCUT2D eigenvalue weighted by Crippen LogP contribution is 2.25. The molecule has 1 aromatic carbocycles. The van der Waals surface area contributed by atoms with Crippen LogP contribution in [0.3, 0.4) is 0 Å². The molecule has 6 nitrogen and oxygen atoms in total. The van der Waals surface area contributed by atoms with Gasteiger partial charge >= 0.3 is 5.97 Å². The van der Waals surface area contributed by atoms with Gasteiger partial charge in [-0.3, -0.25) is 0 Å². The second kappa shape index (κ2) is 6.29. The van der Waals surface area contributed by atoms with Gasteiger partial charge in [-0.1, -0.05) is 18.2 Å². The van der Waals surface area contributed by atoms with Gasteiger partial charge in [-0.2, -0.15) is 0 Å². The molecule has 2 aromatic rings. The number of hydrogen-bond acceptors (Lipinski definition) is 5. The third-order valence-corrected chi connectivity index (χ3v) is 3.02. The standard InChI is InChI=1S/C14H17N3O3/c1-9(7-8-20-2)15-12-10-5-3-4-6-11(10)16-17-13(12)14(18)19/h3-6,9H,7-8H2,1-2H3,(H,15,16)(H,18,19). The number of rotatable bonds is 6. The van der Waals surface area contributed by atoms with E-state index in [4.69, 9.17) is 4.74 Å². The largest absolute Gasteiger partial charge is 0.476 e. The molecule has 0 aliphatic heterocycles. The summed E-state index contributed by atoms with van der Waals surface area (Å²) in [6, 6.07) is 7.40. The average Bonchev–Trinajstić information content (AvgIpc) is 2.45. The third-order valence-electron chi connectivity index (χ3n) is 3.02. The highest BCUT2D eigenvalue weighted by Gasteiger charge is 2.17. The van der Waals surface area contributed by atoms with Crippen LogP contribution in [0, 0.1) is 0 Å². The number of nitrogens with zero attached hydrogens (tertiary/aromatic N) is 2. The SMILES string of the molecule is COCCC(C)Nc1c(C(=O)O)nnc2ccccc12. The number of anilines is 1. The summed E-state index contributed by atoms with van der Waals surface area (Å²) in [4.78, 5) is 11.3. The molecular formula is C14H17N3O3. The number of fused-ring (bicyclic) bond motifs is 1. The summed E-state index contributed by atoms with van der Waals surface area (Å²) >= 11 is 0. The number of aromatic nitrogens is 2. The zero-order valence-electron chi connectivity index (χ0n) is 11.5. The Morgan fingerprint density at radius 1 is 1.40 bits per heavy atom. The van der Waals surface area contributed by atoms with Gasteiger partial charge in [-0.15, -0.1) is 10.2 Å². The molecule has 0 spiro atoms. The lowest BCUT2D eigenvalue weighted by Gasteiger charge is -2.17. The van der Waals surface area contributed by atoms with Crippen LogP contribution in [0.4, 0.5) is 5.69 Å². The van der Waals surface area contributed by atoms with E-state index in [-0.39, 0.29) is 11.7 Å². The molecule has 0 amide bonds. The zero-order chi connectivity index (χ0) is 14.5. The second-order valence-electron chi connectivity index (χ2n) is 4.57. The first-order chi connectivity index (χ1) is 9.63. The van der Waals surface area contributed by atoms with Crippen molar-refractivity contribution in [1.29, 1.82) is 0 Å². The van der Waals surface area contributed by atoms with Crippen LogP contribution >= 0.6 is 0 Å². The van der Waals surface area contributed by atoms with E-state index in [1.165, 1.54) is 0 Å². The van der Waals surface area contributed by atoms with Gasteiger partial charge in [0.05, 0.1) is 11.2 Å². The summed E-state index contributed by atoms with van der Waals surface area (Å²) in [6.07, 6.45) is 0.770. The van der Waals surface area contributed by atoms with Gasteiger partial charge in [0.2, 0.25) is 0 Å². The molecule has 0 aliphatic carbocycles. The molecule has 20 heavy (non-hydrogen) atoms. The van der Waals surface area contributed by atoms with Gasteiger partial charge in [-0.05, 0) is 19.4 Å². The van der Waals surface area contributed by atoms with Gasteiger partial charge < -0.3 is 15.2 Å². The molecule has 0 aliphatic rings. The minimum atomic E-state index is -1.09. The molecule has 0 radical (unpaired) electrons. The van der Waals surface area contributed by atoms with Crippen molar-refractivity contribution in [3.63, 3.8) is 0 Å². The fourth-order valence-corrected chi connectivity index (χ4v) is 1.96. The second-order valence-corrected chi connectivity index (χ2v) is 4.57. The van der Waals surface area contributed by atoms with E-state index in [1.54, 1.807) is 13.2 Å². The van der Waals surface area contributed by atoms with E-state index in [9.17, 15) is 9.90 Å². The monoisotopic (exact) mass is 275 g/mol. The maximum absolute atomic E-state index is 11.3. The predicted molar refractivity (Wildman–Crippen MR) is 76.1 cm³/mol. The predicted octanol–water partition coefficient (Wildman–Crippen LogP) is 2.16. The molecule has 1 aromatic heterocycles. The highest BCUT2D eigenvalue weighted by molar-refractivity contribution is 6.02. The van der Waals surface area contributed by atoms with Gasteiger partial charge in [0.15, 0.2) is 5.69 Å². The fourth-order valence-electron chi connectivity index (χ4n) is 1.96. The van der Waals surface area contributed by atoms with E-state index in [1.807, 2.05) is 25.1 Å². The molecule has 2 N–H and O–H groups in total. The van der Waals surface area contributed by atoms with Crippen molar-refractivity contribution in [2.75, 3.05) is 19.0 Å². The fraction of sp³-hybridized carbons (Fsp3) is 0.357. The van der Waals surface area contributed by atoms with Crippen LogP contribution in [0.15, 0.2) is 24.3 Å². The quantitative estimate of drug-likeness (QED) is 0.840. The Morgan fingerprint density at radius 3 is 2.85 bits per heavy atom. The Kier molecular flexibility index (Phi) is 4.47. The van der Waals surface area contributed by atoms with Crippen LogP contribution in [-0.2, 0) is 4.74 Å². The minimum absolute atomic E-state index is 0.0621. The van der Waals surface area contributed by atoms with Gasteiger partial charge in [-0.25, -0.2) is 4.79 Å². The van der Waals surface area contributed by atoms with E-state index < -0.39 is 5.97 Å². The average molecular weight is 275 g/mol. The van der Waals surface area contributed by atoms with Crippen LogP contribution in [0.2, 0.25) is 0 Å². The molecule has 106 valence electrons. The third kappa shape index (κ3) is 3.03. The minimum Gasteiger partial charge on any atom is -0.476 e. The van der Waals surface area contributed by atoms with Crippen LogP contribution in [-0.4, -0.2) is 41.0 Å². The van der Waals surface area contributed by atoms with Gasteiger partial charge in [0, 0.05) is 25.1 Å². The van der Waals surface area contributed by atoms with E-state index in [0.29, 0.717) is 17.8 Å². The molecule has 6 heteroatoms. The molecule has 2 rings (SSSR count). The first-order valence-corrected chi connectivity index (χ1v) is 6.37. The summed E-state index contributed by atoms with van der Waals surface area (Å²) in [5.74, 6) is -1.09. The number of carboxylic acids is 1. The van der Waals surface area contributed by atoms with Crippen molar-refractivity contribution in [2.24, 2.45) is 0 Å². The zero-order valence-corrected chi connectivity index (χ0v) is 11.5. The van der Waals surface area contributed by atoms with E-state index in [2.05, 4.69) is 15.5 Å². The van der Waals surface area contributed by atoms with Crippen molar-refractivity contribution in [3.05, 3.63) is 30.0 Å². The number of nitrogens with one attached hydrogen (secondary N) is 1. The van der Waals surface area contributed by atoms with Gasteiger partial charge in [0.25, 0.3) is 0 Å². The van der Waals surface area contributed by atoms with Crippen LogP contribution in [0.25, 0.3) is 10.9 Å². The number of hydrogen-bond donors (Lipinski definition) is 2. The molecule has 0 fully saturated rings. The maximum atomic E-state index is 11.3. The maximum Gasteiger partial charge on any atom is 0.358 e. The number of methoxy groups -OCH3 is 1. The molecular weight excluding hydrogens is 258 g/mol. The molecule has 1 atom stereocenters. The van der Waals surface area contributed by atoms with Crippen molar-refractivity contribution >= 4 is 22.6 Å². The van der Waals surface area contributed by atoms with E-state index in [0.717, 1.165) is 11.8 Å². The summed E-state index contributed by atoms with van der Waals surface area (Å²) in [6.45, 7) is 2.58. The lowest BCUT2D eigenvalue weighted by atomic mass is 10.1. The number of ether oxygens (including phenoxy) is 1. The Balaban J connectivity index is 2.41. The van der Waals surface area contributed by atoms with Crippen molar-refractivity contribution in [2.45, 2.75) is 19.4 Å². The Bertz CT molecular complexity index is 616. The summed E-state index contributed by atoms with van der Waals surface area (Å²) < 4.78 is 5.03. The number of benzene rings is 1. The first-order valence-electron chi connectivity index (χ1n) is 6.37. The number of aromatic carboxylic acids is 1. The highest BCUT2D eigenvalue weighted by atomic mass is 16.5. The van der Waals surface area contributed by atoms with Crippen molar-refractivity contribution in [3.8, 4) is 0 Å². The summed E-state index contributed by atoms with van der Waals surface area (Å²) in [5.41, 5.74) is 1.11. The molecule has 0 saturated heterocycles. The topological polar surface area (TPSA) is 84.3 Å². The van der Waals surface area contributed by atoms with Crippen molar-refractivity contribution in [1.82, 2.24) is 10.2 Å². The van der Waals surface area contributed by atoms with Crippen molar-refractivity contribution < 1.29 is 14.6 Å². The first kappa shape index (κ1) is 14.2. The number of carbonyl (C=O) groups is 1. The summed E-state index contributed by atoms with van der Waals surface area (Å²) in [5, 5.41) is 20.9. The van der Waals surface area contributed by atoms with E-state index >= 15 is 0 Å². The Hall–Kier alpha value is -2.21. The van der Waals surface area contributed by atoms with Gasteiger partial charge in [0.1, 0.15) is 0 Å². The lowest BCUT2D eigenvalue weighted by molar-refractivity contribution is 0.0690. The molecule has 1 heterocycles. The Morgan fingerprint density at radius 2 is 2.15 bits per heavy atom. The Labute approximate surface area is 116 Å².